The second-order valence-corrected chi connectivity index (χ2v) is 4.48. The number of hydrazone groups is 1. The Balaban J connectivity index is 2.03. The molecule has 0 spiro atoms. The second kappa shape index (κ2) is 7.69. The average Bonchev–Trinajstić information content (AvgIpc) is 2.56. The van der Waals surface area contributed by atoms with E-state index in [-0.39, 0.29) is 11.3 Å². The molecule has 2 aromatic carbocycles. The smallest absolute Gasteiger partial charge is 0.282 e. The summed E-state index contributed by atoms with van der Waals surface area (Å²) in [5.74, 6) is 0.105. The number of carbonyl (C=O) groups excluding carboxylic acids is 1. The molecule has 0 aliphatic carbocycles. The Morgan fingerprint density at radius 3 is 2.61 bits per heavy atom. The molecule has 0 aromatic heterocycles. The zero-order valence-corrected chi connectivity index (χ0v) is 12.4. The van der Waals surface area contributed by atoms with Gasteiger partial charge in [0.25, 0.3) is 11.6 Å². The number of ether oxygens (including phenoxy) is 1. The van der Waals surface area contributed by atoms with Crippen molar-refractivity contribution in [3.8, 4) is 5.75 Å². The molecule has 0 heterocycles. The van der Waals surface area contributed by atoms with E-state index in [1.54, 1.807) is 30.3 Å². The minimum Gasteiger partial charge on any atom is -0.494 e. The fourth-order valence-corrected chi connectivity index (χ4v) is 1.87. The number of para-hydroxylation sites is 1. The van der Waals surface area contributed by atoms with Gasteiger partial charge in [0.05, 0.1) is 17.7 Å². The number of nitrogens with zero attached hydrogens (tertiary/aromatic N) is 2. The number of rotatable bonds is 6. The Labute approximate surface area is 132 Å². The monoisotopic (exact) mass is 313 g/mol. The summed E-state index contributed by atoms with van der Waals surface area (Å²) in [5.41, 5.74) is 2.73. The highest BCUT2D eigenvalue weighted by Gasteiger charge is 2.18. The van der Waals surface area contributed by atoms with Gasteiger partial charge in [-0.1, -0.05) is 12.1 Å². The minimum absolute atomic E-state index is 0.0404. The molecule has 7 nitrogen and oxygen atoms in total. The van der Waals surface area contributed by atoms with E-state index in [0.29, 0.717) is 6.61 Å². The maximum Gasteiger partial charge on any atom is 0.282 e. The fourth-order valence-electron chi connectivity index (χ4n) is 1.87. The molecule has 1 amide bonds. The van der Waals surface area contributed by atoms with E-state index in [2.05, 4.69) is 10.5 Å². The fraction of sp³-hybridized carbons (Fsp3) is 0.125. The molecule has 0 unspecified atom stereocenters. The lowest BCUT2D eigenvalue weighted by Crippen LogP contribution is -2.18. The lowest BCUT2D eigenvalue weighted by atomic mass is 10.2. The minimum atomic E-state index is -0.639. The van der Waals surface area contributed by atoms with Crippen molar-refractivity contribution in [1.29, 1.82) is 0 Å². The number of amides is 1. The summed E-state index contributed by atoms with van der Waals surface area (Å²) < 4.78 is 5.32. The third-order valence-electron chi connectivity index (χ3n) is 2.92. The van der Waals surface area contributed by atoms with E-state index in [9.17, 15) is 14.9 Å². The van der Waals surface area contributed by atoms with Crippen molar-refractivity contribution in [1.82, 2.24) is 5.43 Å². The summed E-state index contributed by atoms with van der Waals surface area (Å²) in [7, 11) is 0. The SMILES string of the molecule is CCOc1ccc(C=NNC(=O)c2ccccc2[N+](=O)[O-])cc1. The lowest BCUT2D eigenvalue weighted by molar-refractivity contribution is -0.385. The molecular formula is C16H15N3O4. The van der Waals surface area contributed by atoms with Crippen LogP contribution in [-0.4, -0.2) is 23.7 Å². The first-order valence-electron chi connectivity index (χ1n) is 6.91. The zero-order valence-electron chi connectivity index (χ0n) is 12.4. The quantitative estimate of drug-likeness (QED) is 0.504. The van der Waals surface area contributed by atoms with E-state index in [0.717, 1.165) is 11.3 Å². The Bertz CT molecular complexity index is 726. The van der Waals surface area contributed by atoms with Gasteiger partial charge in [0.1, 0.15) is 11.3 Å². The number of nitro groups is 1. The van der Waals surface area contributed by atoms with Gasteiger partial charge < -0.3 is 4.74 Å². The third kappa shape index (κ3) is 4.37. The van der Waals surface area contributed by atoms with Gasteiger partial charge in [0.2, 0.25) is 0 Å². The summed E-state index contributed by atoms with van der Waals surface area (Å²) in [6.45, 7) is 2.48. The number of hydrogen-bond acceptors (Lipinski definition) is 5. The summed E-state index contributed by atoms with van der Waals surface area (Å²) in [5, 5.41) is 14.7. The maximum absolute atomic E-state index is 12.0. The molecule has 2 aromatic rings. The molecule has 0 radical (unpaired) electrons. The predicted molar refractivity (Wildman–Crippen MR) is 85.8 cm³/mol. The highest BCUT2D eigenvalue weighted by Crippen LogP contribution is 2.17. The standard InChI is InChI=1S/C16H15N3O4/c1-2-23-13-9-7-12(8-10-13)11-17-18-16(20)14-5-3-4-6-15(14)19(21)22/h3-11H,2H2,1H3,(H,18,20). The Kier molecular flexibility index (Phi) is 5.40. The van der Waals surface area contributed by atoms with Gasteiger partial charge in [0.15, 0.2) is 0 Å². The van der Waals surface area contributed by atoms with Crippen LogP contribution in [0.3, 0.4) is 0 Å². The molecular weight excluding hydrogens is 298 g/mol. The molecule has 0 atom stereocenters. The number of carbonyl (C=O) groups is 1. The highest BCUT2D eigenvalue weighted by atomic mass is 16.6. The van der Waals surface area contributed by atoms with Gasteiger partial charge in [-0.2, -0.15) is 5.10 Å². The summed E-state index contributed by atoms with van der Waals surface area (Å²) in [6, 6.07) is 12.8. The zero-order chi connectivity index (χ0) is 16.7. The molecule has 7 heteroatoms. The molecule has 0 saturated heterocycles. The molecule has 1 N–H and O–H groups in total. The van der Waals surface area contributed by atoms with Gasteiger partial charge in [0, 0.05) is 6.07 Å². The van der Waals surface area contributed by atoms with Crippen molar-refractivity contribution < 1.29 is 14.5 Å². The first kappa shape index (κ1) is 16.2. The third-order valence-corrected chi connectivity index (χ3v) is 2.92. The van der Waals surface area contributed by atoms with Crippen LogP contribution in [0.15, 0.2) is 53.6 Å². The lowest BCUT2D eigenvalue weighted by Gasteiger charge is -2.02. The van der Waals surface area contributed by atoms with Crippen molar-refractivity contribution in [2.75, 3.05) is 6.61 Å². The van der Waals surface area contributed by atoms with Gasteiger partial charge >= 0.3 is 0 Å². The largest absolute Gasteiger partial charge is 0.494 e. The number of hydrogen-bond donors (Lipinski definition) is 1. The number of benzene rings is 2. The van der Waals surface area contributed by atoms with Crippen LogP contribution in [0.25, 0.3) is 0 Å². The van der Waals surface area contributed by atoms with Crippen LogP contribution in [0, 0.1) is 10.1 Å². The van der Waals surface area contributed by atoms with Gasteiger partial charge in [-0.3, -0.25) is 14.9 Å². The molecule has 0 fully saturated rings. The summed E-state index contributed by atoms with van der Waals surface area (Å²) in [4.78, 5) is 22.2. The van der Waals surface area contributed by atoms with E-state index < -0.39 is 10.8 Å². The number of nitro benzene ring substituents is 1. The number of nitrogens with one attached hydrogen (secondary N) is 1. The highest BCUT2D eigenvalue weighted by molar-refractivity contribution is 5.98. The molecule has 23 heavy (non-hydrogen) atoms. The molecule has 0 saturated carbocycles. The van der Waals surface area contributed by atoms with Crippen molar-refractivity contribution in [2.24, 2.45) is 5.10 Å². The molecule has 0 bridgehead atoms. The molecule has 2 rings (SSSR count). The van der Waals surface area contributed by atoms with E-state index in [1.165, 1.54) is 24.4 Å². The van der Waals surface area contributed by atoms with E-state index >= 15 is 0 Å². The van der Waals surface area contributed by atoms with Crippen LogP contribution in [-0.2, 0) is 0 Å². The summed E-state index contributed by atoms with van der Waals surface area (Å²) >= 11 is 0. The first-order valence-corrected chi connectivity index (χ1v) is 6.91. The van der Waals surface area contributed by atoms with Crippen molar-refractivity contribution in [3.05, 3.63) is 69.8 Å². The topological polar surface area (TPSA) is 93.8 Å². The first-order chi connectivity index (χ1) is 11.1. The normalized spacial score (nSPS) is 10.5. The van der Waals surface area contributed by atoms with Crippen LogP contribution in [0.2, 0.25) is 0 Å². The Morgan fingerprint density at radius 2 is 1.96 bits per heavy atom. The van der Waals surface area contributed by atoms with Crippen LogP contribution in [0.4, 0.5) is 5.69 Å². The van der Waals surface area contributed by atoms with Crippen LogP contribution >= 0.6 is 0 Å². The van der Waals surface area contributed by atoms with E-state index in [1.807, 2.05) is 6.92 Å². The van der Waals surface area contributed by atoms with Crippen LogP contribution in [0.5, 0.6) is 5.75 Å². The summed E-state index contributed by atoms with van der Waals surface area (Å²) in [6.07, 6.45) is 1.45. The molecule has 0 aliphatic rings. The second-order valence-electron chi connectivity index (χ2n) is 4.48. The Morgan fingerprint density at radius 1 is 1.26 bits per heavy atom. The maximum atomic E-state index is 12.0. The average molecular weight is 313 g/mol. The van der Waals surface area contributed by atoms with E-state index in [4.69, 9.17) is 4.74 Å². The van der Waals surface area contributed by atoms with Gasteiger partial charge in [-0.05, 0) is 42.8 Å². The van der Waals surface area contributed by atoms with Crippen molar-refractivity contribution in [2.45, 2.75) is 6.92 Å². The Hall–Kier alpha value is -3.22. The molecule has 0 aliphatic heterocycles. The molecule has 118 valence electrons. The van der Waals surface area contributed by atoms with Gasteiger partial charge in [-0.25, -0.2) is 5.43 Å². The van der Waals surface area contributed by atoms with Crippen molar-refractivity contribution >= 4 is 17.8 Å². The predicted octanol–water partition coefficient (Wildman–Crippen LogP) is 2.76. The van der Waals surface area contributed by atoms with Crippen LogP contribution in [0.1, 0.15) is 22.8 Å². The van der Waals surface area contributed by atoms with Crippen molar-refractivity contribution in [3.63, 3.8) is 0 Å². The van der Waals surface area contributed by atoms with Gasteiger partial charge in [-0.15, -0.1) is 0 Å². The van der Waals surface area contributed by atoms with Crippen LogP contribution < -0.4 is 10.2 Å².